The van der Waals surface area contributed by atoms with Gasteiger partial charge in [-0.05, 0) is 12.1 Å². The Bertz CT molecular complexity index is 219. The number of hydrogen-bond acceptors (Lipinski definition) is 5. The van der Waals surface area contributed by atoms with E-state index >= 15 is 0 Å². The van der Waals surface area contributed by atoms with Gasteiger partial charge >= 0.3 is 0 Å². The van der Waals surface area contributed by atoms with Crippen LogP contribution in [-0.4, -0.2) is 36.4 Å². The molecule has 0 fully saturated rings. The maximum absolute atomic E-state index is 5.47. The molecule has 1 aromatic heterocycles. The fourth-order valence-electron chi connectivity index (χ4n) is 1.11. The van der Waals surface area contributed by atoms with Gasteiger partial charge in [-0.1, -0.05) is 0 Å². The van der Waals surface area contributed by atoms with Gasteiger partial charge in [0.05, 0.1) is 0 Å². The Kier molecular flexibility index (Phi) is 4.14. The van der Waals surface area contributed by atoms with Gasteiger partial charge in [0.15, 0.2) is 5.82 Å². The molecule has 0 saturated carbocycles. The first-order valence-electron chi connectivity index (χ1n) is 4.31. The normalized spacial score (nSPS) is 10.0. The minimum absolute atomic E-state index is 0.594. The fraction of sp³-hybridized carbons (Fsp3) is 0.500. The molecule has 0 aliphatic heterocycles. The van der Waals surface area contributed by atoms with Gasteiger partial charge in [0.1, 0.15) is 0 Å². The monoisotopic (exact) mass is 181 g/mol. The highest BCUT2D eigenvalue weighted by molar-refractivity contribution is 5.36. The number of nitrogens with two attached hydrogens (primary N) is 2. The zero-order valence-corrected chi connectivity index (χ0v) is 7.56. The van der Waals surface area contributed by atoms with Crippen molar-refractivity contribution in [1.29, 1.82) is 0 Å². The molecule has 0 spiro atoms. The molecule has 0 amide bonds. The van der Waals surface area contributed by atoms with Crippen molar-refractivity contribution in [2.24, 2.45) is 11.5 Å². The molecule has 1 heterocycles. The van der Waals surface area contributed by atoms with Gasteiger partial charge in [-0.2, -0.15) is 5.10 Å². The van der Waals surface area contributed by atoms with Crippen LogP contribution in [0, 0.1) is 0 Å². The lowest BCUT2D eigenvalue weighted by Crippen LogP contribution is -2.34. The highest BCUT2D eigenvalue weighted by Gasteiger charge is 2.04. The number of rotatable bonds is 5. The topological polar surface area (TPSA) is 81.1 Å². The first-order valence-corrected chi connectivity index (χ1v) is 4.31. The third-order valence-electron chi connectivity index (χ3n) is 1.68. The van der Waals surface area contributed by atoms with E-state index in [2.05, 4.69) is 10.2 Å². The first-order chi connectivity index (χ1) is 6.38. The Morgan fingerprint density at radius 2 is 1.92 bits per heavy atom. The largest absolute Gasteiger partial charge is 0.353 e. The Morgan fingerprint density at radius 3 is 2.38 bits per heavy atom. The second kappa shape index (κ2) is 5.45. The summed E-state index contributed by atoms with van der Waals surface area (Å²) in [6.45, 7) is 2.71. The molecule has 0 aliphatic carbocycles. The van der Waals surface area contributed by atoms with Crippen LogP contribution in [0.15, 0.2) is 18.3 Å². The molecule has 0 unspecified atom stereocenters. The molecular weight excluding hydrogens is 166 g/mol. The molecule has 5 nitrogen and oxygen atoms in total. The Balaban J connectivity index is 2.64. The number of nitrogens with zero attached hydrogens (tertiary/aromatic N) is 3. The van der Waals surface area contributed by atoms with Crippen LogP contribution >= 0.6 is 0 Å². The SMILES string of the molecule is NCCN(CCN)c1cccnn1. The predicted octanol–water partition coefficient (Wildman–Crippen LogP) is -0.800. The highest BCUT2D eigenvalue weighted by Crippen LogP contribution is 2.05. The Morgan fingerprint density at radius 1 is 1.23 bits per heavy atom. The molecule has 1 aromatic rings. The van der Waals surface area contributed by atoms with E-state index in [0.717, 1.165) is 18.9 Å². The van der Waals surface area contributed by atoms with Gasteiger partial charge in [-0.25, -0.2) is 0 Å². The van der Waals surface area contributed by atoms with Gasteiger partial charge in [-0.15, -0.1) is 5.10 Å². The first kappa shape index (κ1) is 9.88. The minimum atomic E-state index is 0.594. The van der Waals surface area contributed by atoms with Crippen molar-refractivity contribution in [2.45, 2.75) is 0 Å². The molecule has 0 atom stereocenters. The van der Waals surface area contributed by atoms with Gasteiger partial charge in [0, 0.05) is 32.4 Å². The zero-order chi connectivity index (χ0) is 9.52. The second-order valence-corrected chi connectivity index (χ2v) is 2.65. The summed E-state index contributed by atoms with van der Waals surface area (Å²) in [7, 11) is 0. The summed E-state index contributed by atoms with van der Waals surface area (Å²) < 4.78 is 0. The van der Waals surface area contributed by atoms with E-state index in [1.54, 1.807) is 6.20 Å². The Labute approximate surface area is 77.7 Å². The number of hydrogen-bond donors (Lipinski definition) is 2. The third kappa shape index (κ3) is 2.96. The van der Waals surface area contributed by atoms with Crippen LogP contribution in [-0.2, 0) is 0 Å². The molecule has 0 radical (unpaired) electrons. The van der Waals surface area contributed by atoms with Crippen LogP contribution in [0.2, 0.25) is 0 Å². The molecule has 0 aromatic carbocycles. The standard InChI is InChI=1S/C8H15N5/c9-3-6-13(7-4-10)8-2-1-5-11-12-8/h1-2,5H,3-4,6-7,9-10H2. The second-order valence-electron chi connectivity index (χ2n) is 2.65. The van der Waals surface area contributed by atoms with Crippen LogP contribution < -0.4 is 16.4 Å². The highest BCUT2D eigenvalue weighted by atomic mass is 15.3. The maximum atomic E-state index is 5.47. The summed E-state index contributed by atoms with van der Waals surface area (Å²) in [6, 6.07) is 3.75. The lowest BCUT2D eigenvalue weighted by atomic mass is 10.4. The molecule has 0 saturated heterocycles. The van der Waals surface area contributed by atoms with Crippen molar-refractivity contribution < 1.29 is 0 Å². The van der Waals surface area contributed by atoms with Crippen molar-refractivity contribution in [1.82, 2.24) is 10.2 Å². The van der Waals surface area contributed by atoms with Gasteiger partial charge in [0.25, 0.3) is 0 Å². The summed E-state index contributed by atoms with van der Waals surface area (Å²) in [6.07, 6.45) is 1.65. The van der Waals surface area contributed by atoms with Crippen molar-refractivity contribution >= 4 is 5.82 Å². The van der Waals surface area contributed by atoms with Crippen molar-refractivity contribution in [3.63, 3.8) is 0 Å². The molecule has 13 heavy (non-hydrogen) atoms. The number of aromatic nitrogens is 2. The summed E-state index contributed by atoms with van der Waals surface area (Å²) in [5.41, 5.74) is 10.9. The smallest absolute Gasteiger partial charge is 0.151 e. The van der Waals surface area contributed by atoms with E-state index in [1.165, 1.54) is 0 Å². The molecular formula is C8H15N5. The van der Waals surface area contributed by atoms with E-state index in [9.17, 15) is 0 Å². The van der Waals surface area contributed by atoms with E-state index in [4.69, 9.17) is 11.5 Å². The summed E-state index contributed by atoms with van der Waals surface area (Å²) in [4.78, 5) is 2.02. The van der Waals surface area contributed by atoms with Crippen LogP contribution in [0.25, 0.3) is 0 Å². The van der Waals surface area contributed by atoms with Gasteiger partial charge < -0.3 is 16.4 Å². The molecule has 0 aliphatic rings. The minimum Gasteiger partial charge on any atom is -0.353 e. The summed E-state index contributed by atoms with van der Waals surface area (Å²) >= 11 is 0. The van der Waals surface area contributed by atoms with Crippen molar-refractivity contribution in [2.75, 3.05) is 31.1 Å². The fourth-order valence-corrected chi connectivity index (χ4v) is 1.11. The van der Waals surface area contributed by atoms with Crippen molar-refractivity contribution in [3.8, 4) is 0 Å². The average Bonchev–Trinajstić information content (AvgIpc) is 2.19. The number of anilines is 1. The molecule has 1 rings (SSSR count). The van der Waals surface area contributed by atoms with Gasteiger partial charge in [0.2, 0.25) is 0 Å². The van der Waals surface area contributed by atoms with E-state index < -0.39 is 0 Å². The molecule has 5 heteroatoms. The summed E-state index contributed by atoms with van der Waals surface area (Å²) in [5.74, 6) is 0.832. The summed E-state index contributed by atoms with van der Waals surface area (Å²) in [5, 5.41) is 7.78. The lowest BCUT2D eigenvalue weighted by Gasteiger charge is -2.21. The van der Waals surface area contributed by atoms with E-state index in [0.29, 0.717) is 13.1 Å². The lowest BCUT2D eigenvalue weighted by molar-refractivity contribution is 0.759. The zero-order valence-electron chi connectivity index (χ0n) is 7.56. The van der Waals surface area contributed by atoms with Crippen LogP contribution in [0.3, 0.4) is 0 Å². The van der Waals surface area contributed by atoms with Gasteiger partial charge in [-0.3, -0.25) is 0 Å². The quantitative estimate of drug-likeness (QED) is 0.621. The maximum Gasteiger partial charge on any atom is 0.151 e. The van der Waals surface area contributed by atoms with E-state index in [-0.39, 0.29) is 0 Å². The Hall–Kier alpha value is -1.20. The van der Waals surface area contributed by atoms with E-state index in [1.807, 2.05) is 17.0 Å². The van der Waals surface area contributed by atoms with Crippen molar-refractivity contribution in [3.05, 3.63) is 18.3 Å². The van der Waals surface area contributed by atoms with Crippen LogP contribution in [0.4, 0.5) is 5.82 Å². The average molecular weight is 181 g/mol. The molecule has 0 bridgehead atoms. The third-order valence-corrected chi connectivity index (χ3v) is 1.68. The van der Waals surface area contributed by atoms with Crippen LogP contribution in [0.5, 0.6) is 0 Å². The predicted molar refractivity (Wildman–Crippen MR) is 52.4 cm³/mol. The molecule has 4 N–H and O–H groups in total. The van der Waals surface area contributed by atoms with Crippen LogP contribution in [0.1, 0.15) is 0 Å². The molecule has 72 valence electrons.